The second-order valence-electron chi connectivity index (χ2n) is 7.59. The number of hydrogen-bond donors (Lipinski definition) is 1. The van der Waals surface area contributed by atoms with E-state index in [-0.39, 0.29) is 17.2 Å². The highest BCUT2D eigenvalue weighted by molar-refractivity contribution is 5.95. The molecule has 1 aliphatic rings. The van der Waals surface area contributed by atoms with Crippen LogP contribution in [-0.4, -0.2) is 20.7 Å². The fraction of sp³-hybridized carbons (Fsp3) is 0.450. The zero-order valence-corrected chi connectivity index (χ0v) is 15.4. The van der Waals surface area contributed by atoms with E-state index in [1.54, 1.807) is 6.20 Å². The lowest BCUT2D eigenvalue weighted by molar-refractivity contribution is -0.118. The Morgan fingerprint density at radius 3 is 2.80 bits per heavy atom. The Labute approximate surface area is 149 Å². The van der Waals surface area contributed by atoms with E-state index in [0.29, 0.717) is 11.7 Å². The van der Waals surface area contributed by atoms with Crippen LogP contribution in [0.15, 0.2) is 48.3 Å². The van der Waals surface area contributed by atoms with Gasteiger partial charge in [-0.2, -0.15) is 5.10 Å². The number of amides is 1. The van der Waals surface area contributed by atoms with E-state index >= 15 is 0 Å². The highest BCUT2D eigenvalue weighted by atomic mass is 16.2. The molecule has 0 radical (unpaired) electrons. The Hall–Kier alpha value is -2.43. The predicted octanol–water partition coefficient (Wildman–Crippen LogP) is 3.70. The van der Waals surface area contributed by atoms with Crippen LogP contribution in [-0.2, 0) is 17.8 Å². The van der Waals surface area contributed by atoms with Crippen LogP contribution in [0.3, 0.4) is 0 Å². The Morgan fingerprint density at radius 2 is 2.12 bits per heavy atom. The topological polar surface area (TPSA) is 59.8 Å². The van der Waals surface area contributed by atoms with Gasteiger partial charge in [0.05, 0.1) is 5.92 Å². The van der Waals surface area contributed by atoms with Crippen molar-refractivity contribution in [3.05, 3.63) is 54.0 Å². The quantitative estimate of drug-likeness (QED) is 0.817. The van der Waals surface area contributed by atoms with Crippen molar-refractivity contribution in [3.63, 3.8) is 0 Å². The molecular formula is C20H26N4O. The monoisotopic (exact) mass is 338 g/mol. The van der Waals surface area contributed by atoms with Gasteiger partial charge in [-0.05, 0) is 37.3 Å². The van der Waals surface area contributed by atoms with E-state index in [1.165, 1.54) is 5.57 Å². The standard InChI is InChI=1S/C20H26N4O/c1-14(2)13-16-18(20(16,3)4)19(25)22-17-9-12-24(23-17)11-8-15-7-5-6-10-21-15/h5-7,9-10,12-13,16,18H,8,11H2,1-4H3,(H,22,23,25)/t16-,18-/m0/s1. The molecule has 3 rings (SSSR count). The minimum Gasteiger partial charge on any atom is -0.309 e. The van der Waals surface area contributed by atoms with Crippen molar-refractivity contribution in [2.75, 3.05) is 5.32 Å². The number of rotatable bonds is 6. The maximum absolute atomic E-state index is 12.6. The summed E-state index contributed by atoms with van der Waals surface area (Å²) in [6.45, 7) is 9.18. The molecule has 1 aliphatic carbocycles. The normalized spacial score (nSPS) is 20.8. The van der Waals surface area contributed by atoms with E-state index in [9.17, 15) is 4.79 Å². The van der Waals surface area contributed by atoms with Gasteiger partial charge < -0.3 is 5.32 Å². The van der Waals surface area contributed by atoms with Crippen molar-refractivity contribution in [3.8, 4) is 0 Å². The first-order valence-electron chi connectivity index (χ1n) is 8.77. The lowest BCUT2D eigenvalue weighted by atomic mass is 10.1. The molecule has 2 heterocycles. The molecule has 132 valence electrons. The molecule has 0 aliphatic heterocycles. The number of carbonyl (C=O) groups is 1. The van der Waals surface area contributed by atoms with Crippen LogP contribution in [0.25, 0.3) is 0 Å². The van der Waals surface area contributed by atoms with E-state index in [4.69, 9.17) is 0 Å². The molecule has 2 aromatic heterocycles. The summed E-state index contributed by atoms with van der Waals surface area (Å²) < 4.78 is 1.84. The molecule has 1 saturated carbocycles. The third kappa shape index (κ3) is 3.98. The number of pyridine rings is 1. The van der Waals surface area contributed by atoms with Gasteiger partial charge in [0.25, 0.3) is 0 Å². The van der Waals surface area contributed by atoms with Crippen molar-refractivity contribution < 1.29 is 4.79 Å². The zero-order valence-electron chi connectivity index (χ0n) is 15.4. The van der Waals surface area contributed by atoms with Crippen LogP contribution in [0.5, 0.6) is 0 Å². The van der Waals surface area contributed by atoms with Crippen LogP contribution in [0.1, 0.15) is 33.4 Å². The average Bonchev–Trinajstić information content (AvgIpc) is 2.90. The van der Waals surface area contributed by atoms with Gasteiger partial charge in [0.2, 0.25) is 5.91 Å². The Morgan fingerprint density at radius 1 is 1.32 bits per heavy atom. The van der Waals surface area contributed by atoms with Crippen LogP contribution in [0.2, 0.25) is 0 Å². The molecule has 1 fully saturated rings. The van der Waals surface area contributed by atoms with E-state index in [2.05, 4.69) is 49.2 Å². The molecule has 0 bridgehead atoms. The maximum atomic E-state index is 12.6. The minimum absolute atomic E-state index is 0.0149. The van der Waals surface area contributed by atoms with Crippen molar-refractivity contribution in [2.45, 2.75) is 40.7 Å². The smallest absolute Gasteiger partial charge is 0.229 e. The number of carbonyl (C=O) groups excluding carboxylic acids is 1. The molecule has 0 spiro atoms. The molecule has 5 nitrogen and oxygen atoms in total. The molecule has 25 heavy (non-hydrogen) atoms. The largest absolute Gasteiger partial charge is 0.309 e. The summed E-state index contributed by atoms with van der Waals surface area (Å²) in [6.07, 6.45) is 6.71. The molecule has 5 heteroatoms. The number of allylic oxidation sites excluding steroid dienone is 2. The SMILES string of the molecule is CC(C)=C[C@H]1[C@@H](C(=O)Nc2ccn(CCc3ccccn3)n2)C1(C)C. The average molecular weight is 338 g/mol. The Bertz CT molecular complexity index is 772. The summed E-state index contributed by atoms with van der Waals surface area (Å²) in [5.74, 6) is 0.997. The molecule has 0 unspecified atom stereocenters. The number of nitrogens with zero attached hydrogens (tertiary/aromatic N) is 3. The summed E-state index contributed by atoms with van der Waals surface area (Å²) in [5.41, 5.74) is 2.31. The van der Waals surface area contributed by atoms with E-state index in [0.717, 1.165) is 18.7 Å². The van der Waals surface area contributed by atoms with Crippen molar-refractivity contribution in [1.29, 1.82) is 0 Å². The first-order valence-corrected chi connectivity index (χ1v) is 8.77. The summed E-state index contributed by atoms with van der Waals surface area (Å²) in [7, 11) is 0. The second kappa shape index (κ2) is 6.82. The third-order valence-corrected chi connectivity index (χ3v) is 4.92. The van der Waals surface area contributed by atoms with Gasteiger partial charge in [0.1, 0.15) is 0 Å². The third-order valence-electron chi connectivity index (χ3n) is 4.92. The first kappa shape index (κ1) is 17.4. The maximum Gasteiger partial charge on any atom is 0.229 e. The van der Waals surface area contributed by atoms with E-state index in [1.807, 2.05) is 35.1 Å². The molecule has 1 amide bonds. The highest BCUT2D eigenvalue weighted by Crippen LogP contribution is 2.59. The fourth-order valence-electron chi connectivity index (χ4n) is 3.38. The number of hydrogen-bond acceptors (Lipinski definition) is 3. The minimum atomic E-state index is 0.0149. The van der Waals surface area contributed by atoms with Crippen LogP contribution in [0, 0.1) is 17.3 Å². The Kier molecular flexibility index (Phi) is 4.75. The van der Waals surface area contributed by atoms with Gasteiger partial charge in [0.15, 0.2) is 5.82 Å². The van der Waals surface area contributed by atoms with Crippen LogP contribution >= 0.6 is 0 Å². The Balaban J connectivity index is 1.56. The summed E-state index contributed by atoms with van der Waals surface area (Å²) in [4.78, 5) is 16.9. The zero-order chi connectivity index (χ0) is 18.0. The molecule has 1 N–H and O–H groups in total. The molecule has 2 aromatic rings. The van der Waals surface area contributed by atoms with Crippen LogP contribution < -0.4 is 5.32 Å². The number of nitrogens with one attached hydrogen (secondary N) is 1. The first-order chi connectivity index (χ1) is 11.9. The number of aromatic nitrogens is 3. The van der Waals surface area contributed by atoms with Crippen LogP contribution in [0.4, 0.5) is 5.82 Å². The van der Waals surface area contributed by atoms with Gasteiger partial charge in [0, 0.05) is 37.1 Å². The van der Waals surface area contributed by atoms with Crippen molar-refractivity contribution in [1.82, 2.24) is 14.8 Å². The van der Waals surface area contributed by atoms with Crippen molar-refractivity contribution >= 4 is 11.7 Å². The number of aryl methyl sites for hydroxylation is 2. The van der Waals surface area contributed by atoms with Gasteiger partial charge in [-0.1, -0.05) is 31.6 Å². The van der Waals surface area contributed by atoms with Gasteiger partial charge in [-0.3, -0.25) is 14.5 Å². The molecular weight excluding hydrogens is 312 g/mol. The predicted molar refractivity (Wildman–Crippen MR) is 99.0 cm³/mol. The second-order valence-corrected chi connectivity index (χ2v) is 7.59. The molecule has 0 saturated heterocycles. The lowest BCUT2D eigenvalue weighted by Gasteiger charge is -2.04. The summed E-state index contributed by atoms with van der Waals surface area (Å²) in [5, 5.41) is 7.42. The summed E-state index contributed by atoms with van der Waals surface area (Å²) in [6, 6.07) is 7.75. The molecule has 0 aromatic carbocycles. The fourth-order valence-corrected chi connectivity index (χ4v) is 3.38. The van der Waals surface area contributed by atoms with Crippen molar-refractivity contribution in [2.24, 2.45) is 17.3 Å². The van der Waals surface area contributed by atoms with Gasteiger partial charge in [-0.15, -0.1) is 0 Å². The van der Waals surface area contributed by atoms with Gasteiger partial charge in [-0.25, -0.2) is 0 Å². The summed E-state index contributed by atoms with van der Waals surface area (Å²) >= 11 is 0. The number of anilines is 1. The van der Waals surface area contributed by atoms with Gasteiger partial charge >= 0.3 is 0 Å². The van der Waals surface area contributed by atoms with E-state index < -0.39 is 0 Å². The highest BCUT2D eigenvalue weighted by Gasteiger charge is 2.60. The molecule has 2 atom stereocenters. The lowest BCUT2D eigenvalue weighted by Crippen LogP contribution is -2.17.